The van der Waals surface area contributed by atoms with Gasteiger partial charge in [0, 0.05) is 6.54 Å². The van der Waals surface area contributed by atoms with Gasteiger partial charge in [0.1, 0.15) is 5.75 Å². The van der Waals surface area contributed by atoms with Gasteiger partial charge < -0.3 is 10.1 Å². The summed E-state index contributed by atoms with van der Waals surface area (Å²) in [6.07, 6.45) is 0. The smallest absolute Gasteiger partial charge is 0.119 e. The van der Waals surface area contributed by atoms with Gasteiger partial charge in [0.2, 0.25) is 0 Å². The van der Waals surface area contributed by atoms with E-state index < -0.39 is 0 Å². The molecule has 0 fully saturated rings. The molecule has 0 radical (unpaired) electrons. The number of ether oxygens (including phenoxy) is 1. The summed E-state index contributed by atoms with van der Waals surface area (Å²) >= 11 is 6.19. The third-order valence-electron chi connectivity index (χ3n) is 2.82. The van der Waals surface area contributed by atoms with E-state index in [-0.39, 0.29) is 0 Å². The molecule has 0 aliphatic carbocycles. The third-order valence-corrected chi connectivity index (χ3v) is 3.13. The molecule has 0 aliphatic heterocycles. The second-order valence-corrected chi connectivity index (χ2v) is 4.82. The van der Waals surface area contributed by atoms with Crippen LogP contribution in [0.1, 0.15) is 18.1 Å². The predicted octanol–water partition coefficient (Wildman–Crippen LogP) is 4.66. The fourth-order valence-electron chi connectivity index (χ4n) is 1.87. The van der Waals surface area contributed by atoms with Crippen LogP contribution >= 0.6 is 11.6 Å². The van der Waals surface area contributed by atoms with Crippen molar-refractivity contribution in [2.45, 2.75) is 20.4 Å². The van der Waals surface area contributed by atoms with Gasteiger partial charge in [0.05, 0.1) is 17.3 Å². The summed E-state index contributed by atoms with van der Waals surface area (Å²) in [7, 11) is 0. The van der Waals surface area contributed by atoms with E-state index in [4.69, 9.17) is 16.3 Å². The first-order chi connectivity index (χ1) is 9.19. The molecule has 3 heteroatoms. The van der Waals surface area contributed by atoms with E-state index in [9.17, 15) is 0 Å². The molecule has 2 aromatic carbocycles. The van der Waals surface area contributed by atoms with Gasteiger partial charge in [-0.05, 0) is 49.2 Å². The molecule has 2 aromatic rings. The topological polar surface area (TPSA) is 21.3 Å². The predicted molar refractivity (Wildman–Crippen MR) is 81.1 cm³/mol. The molecule has 19 heavy (non-hydrogen) atoms. The Labute approximate surface area is 119 Å². The normalized spacial score (nSPS) is 10.3. The number of aryl methyl sites for hydroxylation is 1. The highest BCUT2D eigenvalue weighted by Gasteiger charge is 2.01. The highest BCUT2D eigenvalue weighted by Crippen LogP contribution is 2.23. The van der Waals surface area contributed by atoms with Crippen molar-refractivity contribution in [2.75, 3.05) is 11.9 Å². The van der Waals surface area contributed by atoms with E-state index in [0.717, 1.165) is 28.6 Å². The first kappa shape index (κ1) is 13.8. The van der Waals surface area contributed by atoms with Crippen LogP contribution < -0.4 is 10.1 Å². The fourth-order valence-corrected chi connectivity index (χ4v) is 2.17. The summed E-state index contributed by atoms with van der Waals surface area (Å²) in [6.45, 7) is 5.42. The van der Waals surface area contributed by atoms with E-state index in [0.29, 0.717) is 6.61 Å². The maximum Gasteiger partial charge on any atom is 0.119 e. The van der Waals surface area contributed by atoms with Crippen LogP contribution in [0, 0.1) is 6.92 Å². The van der Waals surface area contributed by atoms with Gasteiger partial charge in [-0.1, -0.05) is 29.8 Å². The van der Waals surface area contributed by atoms with Gasteiger partial charge in [0.25, 0.3) is 0 Å². The van der Waals surface area contributed by atoms with Crippen molar-refractivity contribution in [3.8, 4) is 5.75 Å². The number of anilines is 1. The molecule has 0 spiro atoms. The molecule has 2 rings (SSSR count). The molecule has 0 amide bonds. The number of hydrogen-bond acceptors (Lipinski definition) is 2. The van der Waals surface area contributed by atoms with Crippen LogP contribution in [0.4, 0.5) is 5.69 Å². The fraction of sp³-hybridized carbons (Fsp3) is 0.250. The molecule has 0 aromatic heterocycles. The number of rotatable bonds is 5. The van der Waals surface area contributed by atoms with Crippen molar-refractivity contribution in [2.24, 2.45) is 0 Å². The zero-order chi connectivity index (χ0) is 13.7. The van der Waals surface area contributed by atoms with Crippen molar-refractivity contribution in [1.82, 2.24) is 0 Å². The molecule has 0 aliphatic rings. The van der Waals surface area contributed by atoms with Gasteiger partial charge in [-0.3, -0.25) is 0 Å². The Bertz CT molecular complexity index is 554. The van der Waals surface area contributed by atoms with Crippen LogP contribution in [-0.4, -0.2) is 6.61 Å². The molecule has 0 bridgehead atoms. The first-order valence-corrected chi connectivity index (χ1v) is 6.78. The summed E-state index contributed by atoms with van der Waals surface area (Å²) in [4.78, 5) is 0. The zero-order valence-corrected chi connectivity index (χ0v) is 12.0. The highest BCUT2D eigenvalue weighted by molar-refractivity contribution is 6.33. The van der Waals surface area contributed by atoms with Gasteiger partial charge >= 0.3 is 0 Å². The number of hydrogen-bond donors (Lipinski definition) is 1. The standard InChI is InChI=1S/C16H18ClNO/c1-3-19-14-6-4-5-13(10-14)11-18-16-8-7-12(2)9-15(16)17/h4-10,18H,3,11H2,1-2H3. The van der Waals surface area contributed by atoms with E-state index in [1.807, 2.05) is 50.2 Å². The highest BCUT2D eigenvalue weighted by atomic mass is 35.5. The molecule has 2 nitrogen and oxygen atoms in total. The summed E-state index contributed by atoms with van der Waals surface area (Å²) in [5.74, 6) is 0.900. The van der Waals surface area contributed by atoms with Crippen LogP contribution in [-0.2, 0) is 6.54 Å². The Hall–Kier alpha value is -1.67. The molecule has 0 unspecified atom stereocenters. The van der Waals surface area contributed by atoms with Crippen molar-refractivity contribution < 1.29 is 4.74 Å². The van der Waals surface area contributed by atoms with Crippen LogP contribution in [0.5, 0.6) is 5.75 Å². The molecule has 100 valence electrons. The van der Waals surface area contributed by atoms with Crippen molar-refractivity contribution >= 4 is 17.3 Å². The maximum absolute atomic E-state index is 6.19. The van der Waals surface area contributed by atoms with E-state index in [2.05, 4.69) is 11.4 Å². The maximum atomic E-state index is 6.19. The van der Waals surface area contributed by atoms with Crippen LogP contribution in [0.3, 0.4) is 0 Å². The number of halogens is 1. The average Bonchev–Trinajstić information content (AvgIpc) is 2.38. The lowest BCUT2D eigenvalue weighted by Gasteiger charge is -2.10. The molecule has 1 N–H and O–H groups in total. The Morgan fingerprint density at radius 2 is 2.00 bits per heavy atom. The van der Waals surface area contributed by atoms with E-state index >= 15 is 0 Å². The van der Waals surface area contributed by atoms with Crippen LogP contribution in [0.25, 0.3) is 0 Å². The van der Waals surface area contributed by atoms with Crippen LogP contribution in [0.2, 0.25) is 5.02 Å². The SMILES string of the molecule is CCOc1cccc(CNc2ccc(C)cc2Cl)c1. The summed E-state index contributed by atoms with van der Waals surface area (Å²) in [5, 5.41) is 4.09. The van der Waals surface area contributed by atoms with Gasteiger partial charge in [-0.25, -0.2) is 0 Å². The summed E-state index contributed by atoms with van der Waals surface area (Å²) in [5.41, 5.74) is 3.28. The molecule has 0 heterocycles. The van der Waals surface area contributed by atoms with E-state index in [1.54, 1.807) is 0 Å². The zero-order valence-electron chi connectivity index (χ0n) is 11.2. The molecular weight excluding hydrogens is 258 g/mol. The van der Waals surface area contributed by atoms with Gasteiger partial charge in [-0.15, -0.1) is 0 Å². The first-order valence-electron chi connectivity index (χ1n) is 6.41. The monoisotopic (exact) mass is 275 g/mol. The largest absolute Gasteiger partial charge is 0.494 e. The Balaban J connectivity index is 2.03. The Morgan fingerprint density at radius 1 is 1.16 bits per heavy atom. The number of benzene rings is 2. The summed E-state index contributed by atoms with van der Waals surface area (Å²) in [6, 6.07) is 14.1. The quantitative estimate of drug-likeness (QED) is 0.857. The Kier molecular flexibility index (Phi) is 4.69. The third kappa shape index (κ3) is 3.90. The minimum atomic E-state index is 0.681. The lowest BCUT2D eigenvalue weighted by molar-refractivity contribution is 0.340. The van der Waals surface area contributed by atoms with Gasteiger partial charge in [0.15, 0.2) is 0 Å². The number of nitrogens with one attached hydrogen (secondary N) is 1. The van der Waals surface area contributed by atoms with Crippen molar-refractivity contribution in [3.63, 3.8) is 0 Å². The van der Waals surface area contributed by atoms with Crippen molar-refractivity contribution in [3.05, 3.63) is 58.6 Å². The molecule has 0 atom stereocenters. The summed E-state index contributed by atoms with van der Waals surface area (Å²) < 4.78 is 5.48. The second-order valence-electron chi connectivity index (χ2n) is 4.42. The lowest BCUT2D eigenvalue weighted by Crippen LogP contribution is -2.01. The van der Waals surface area contributed by atoms with Gasteiger partial charge in [-0.2, -0.15) is 0 Å². The van der Waals surface area contributed by atoms with Crippen molar-refractivity contribution in [1.29, 1.82) is 0 Å². The molecule has 0 saturated carbocycles. The Morgan fingerprint density at radius 3 is 2.74 bits per heavy atom. The second kappa shape index (κ2) is 6.48. The molecular formula is C16H18ClNO. The van der Waals surface area contributed by atoms with E-state index in [1.165, 1.54) is 5.56 Å². The minimum absolute atomic E-state index is 0.681. The minimum Gasteiger partial charge on any atom is -0.494 e. The average molecular weight is 276 g/mol. The lowest BCUT2D eigenvalue weighted by atomic mass is 10.2. The molecule has 0 saturated heterocycles. The van der Waals surface area contributed by atoms with Crippen LogP contribution in [0.15, 0.2) is 42.5 Å².